The van der Waals surface area contributed by atoms with Crippen LogP contribution >= 0.6 is 8.02 Å². The van der Waals surface area contributed by atoms with Crippen molar-refractivity contribution in [1.82, 2.24) is 0 Å². The van der Waals surface area contributed by atoms with Crippen LogP contribution < -0.4 is 0 Å². The van der Waals surface area contributed by atoms with E-state index in [1.54, 1.807) is 0 Å². The van der Waals surface area contributed by atoms with Gasteiger partial charge in [-0.15, -0.1) is 0 Å². The smallest absolute Gasteiger partial charge is 0.110 e. The molecular formula is C11H17NOPSTl. The van der Waals surface area contributed by atoms with Gasteiger partial charge in [0, 0.05) is 0 Å². The molecule has 86 valence electrons. The predicted octanol–water partition coefficient (Wildman–Crippen LogP) is 2.80. The van der Waals surface area contributed by atoms with Gasteiger partial charge >= 0.3 is 96.9 Å². The topological polar surface area (TPSA) is 40.9 Å². The van der Waals surface area contributed by atoms with Crippen LogP contribution in [0.1, 0.15) is 33.6 Å². The number of rotatable bonds is 1. The molecule has 0 spiro atoms. The standard InChI is InChI=1S/C11H16N.HOPS.Tl/c1-8-10(4)5-6-11(8,7-12)9(10,2)3;1-3-2;/h8H,1,5-6H2,2-4H3;2H;/t8-,10+,11?;;/m1../s1. The third-order valence-electron chi connectivity index (χ3n) is 5.38. The van der Waals surface area contributed by atoms with Crippen molar-refractivity contribution in [1.29, 1.82) is 5.26 Å². The minimum atomic E-state index is 0.0521. The van der Waals surface area contributed by atoms with E-state index < -0.39 is 0 Å². The van der Waals surface area contributed by atoms with Crippen molar-refractivity contribution in [2.45, 2.75) is 37.6 Å². The van der Waals surface area contributed by atoms with Crippen molar-refractivity contribution in [2.75, 3.05) is 0 Å². The van der Waals surface area contributed by atoms with Gasteiger partial charge in [-0.25, -0.2) is 4.21 Å². The molecule has 16 heavy (non-hydrogen) atoms. The summed E-state index contributed by atoms with van der Waals surface area (Å²) >= 11 is 1.05. The molecule has 3 saturated carbocycles. The van der Waals surface area contributed by atoms with Gasteiger partial charge in [0.05, 0.1) is 0 Å². The zero-order valence-corrected chi connectivity index (χ0v) is 16.3. The maximum absolute atomic E-state index is 9.38. The van der Waals surface area contributed by atoms with Crippen molar-refractivity contribution in [3.63, 3.8) is 0 Å². The fraction of sp³-hybridized carbons (Fsp3) is 0.909. The van der Waals surface area contributed by atoms with Gasteiger partial charge in [-0.2, -0.15) is 0 Å². The summed E-state index contributed by atoms with van der Waals surface area (Å²) < 4.78 is 10.1. The molecule has 0 aliphatic heterocycles. The number of nitrogens with zero attached hydrogens (tertiary/aromatic N) is 1. The van der Waals surface area contributed by atoms with Crippen LogP contribution in [-0.4, -0.2) is 30.0 Å². The first kappa shape index (κ1) is 14.8. The molecule has 0 saturated heterocycles. The van der Waals surface area contributed by atoms with Crippen molar-refractivity contribution >= 4 is 44.6 Å². The van der Waals surface area contributed by atoms with E-state index in [2.05, 4.69) is 34.9 Å². The van der Waals surface area contributed by atoms with Crippen LogP contribution in [0.15, 0.2) is 0 Å². The van der Waals surface area contributed by atoms with Gasteiger partial charge in [0.25, 0.3) is 0 Å². The van der Waals surface area contributed by atoms with Crippen LogP contribution in [0, 0.1) is 33.5 Å². The van der Waals surface area contributed by atoms with Crippen LogP contribution in [-0.2, 0) is 10.8 Å². The second-order valence-corrected chi connectivity index (χ2v) is 8.00. The van der Waals surface area contributed by atoms with E-state index in [1.165, 1.54) is 10.4 Å². The van der Waals surface area contributed by atoms with Crippen molar-refractivity contribution in [3.05, 3.63) is 0 Å². The van der Waals surface area contributed by atoms with Gasteiger partial charge in [0.15, 0.2) is 0 Å². The predicted molar refractivity (Wildman–Crippen MR) is 69.7 cm³/mol. The first-order valence-corrected chi connectivity index (χ1v) is 10.6. The van der Waals surface area contributed by atoms with E-state index >= 15 is 0 Å². The Kier molecular flexibility index (Phi) is 4.42. The monoisotopic (exact) mass is 447 g/mol. The SMILES string of the molecule is CC1(C)C2(C#N)CC[C@@]1(C)[C@H]2[CH2][Tl].O=S=P. The van der Waals surface area contributed by atoms with E-state index in [0.29, 0.717) is 16.3 Å². The summed E-state index contributed by atoms with van der Waals surface area (Å²) in [5.74, 6) is 0.727. The second kappa shape index (κ2) is 4.78. The van der Waals surface area contributed by atoms with Gasteiger partial charge < -0.3 is 0 Å². The molecule has 2 nitrogen and oxygen atoms in total. The minimum absolute atomic E-state index is 0.0521. The summed E-state index contributed by atoms with van der Waals surface area (Å²) in [5.41, 5.74) is 0.808. The molecular weight excluding hydrogens is 430 g/mol. The summed E-state index contributed by atoms with van der Waals surface area (Å²) in [6.07, 6.45) is 2.44. The Morgan fingerprint density at radius 1 is 1.50 bits per heavy atom. The van der Waals surface area contributed by atoms with E-state index in [0.717, 1.165) is 38.1 Å². The largest absolute Gasteiger partial charge is 0.208 e. The third-order valence-corrected chi connectivity index (χ3v) is 7.21. The van der Waals surface area contributed by atoms with Crippen LogP contribution in [0.25, 0.3) is 0 Å². The number of nitriles is 1. The number of hydrogen-bond donors (Lipinski definition) is 0. The van der Waals surface area contributed by atoms with Gasteiger partial charge in [-0.05, 0) is 8.02 Å². The number of hydrogen-bond acceptors (Lipinski definition) is 2. The molecule has 2 bridgehead atoms. The summed E-state index contributed by atoms with van der Waals surface area (Å²) in [5, 5.41) is 9.38. The maximum atomic E-state index is 9.38. The first-order valence-electron chi connectivity index (χ1n) is 5.45. The Morgan fingerprint density at radius 2 is 2.00 bits per heavy atom. The molecule has 0 radical (unpaired) electrons. The summed E-state index contributed by atoms with van der Waals surface area (Å²) in [6, 6.07) is 2.65. The molecule has 0 amide bonds. The van der Waals surface area contributed by atoms with Crippen molar-refractivity contribution in [3.8, 4) is 6.07 Å². The molecule has 3 rings (SSSR count). The molecule has 3 fully saturated rings. The van der Waals surface area contributed by atoms with Gasteiger partial charge in [0.1, 0.15) is 10.8 Å². The molecule has 0 aromatic heterocycles. The molecule has 1 unspecified atom stereocenters. The molecule has 0 aromatic carbocycles. The second-order valence-electron chi connectivity index (χ2n) is 5.50. The molecule has 3 aliphatic rings. The Morgan fingerprint density at radius 3 is 2.25 bits per heavy atom. The van der Waals surface area contributed by atoms with Gasteiger partial charge in [-0.3, -0.25) is 0 Å². The fourth-order valence-electron chi connectivity index (χ4n) is 4.01. The summed E-state index contributed by atoms with van der Waals surface area (Å²) in [4.78, 5) is 0. The number of fused-ring (bicyclic) bond motifs is 1. The third kappa shape index (κ3) is 1.52. The average molecular weight is 447 g/mol. The normalized spacial score (nSPS) is 42.2. The summed E-state index contributed by atoms with van der Waals surface area (Å²) in [7, 11) is 2.85. The van der Waals surface area contributed by atoms with Crippen LogP contribution in [0.2, 0.25) is 3.98 Å². The van der Waals surface area contributed by atoms with Gasteiger partial charge in [0.2, 0.25) is 0 Å². The first-order chi connectivity index (χ1) is 7.37. The van der Waals surface area contributed by atoms with Crippen LogP contribution in [0.4, 0.5) is 0 Å². The van der Waals surface area contributed by atoms with E-state index in [9.17, 15) is 5.26 Å². The van der Waals surface area contributed by atoms with Crippen molar-refractivity contribution in [2.24, 2.45) is 22.2 Å². The van der Waals surface area contributed by atoms with E-state index in [-0.39, 0.29) is 10.8 Å². The Bertz CT molecular complexity index is 375. The molecule has 5 heteroatoms. The fourth-order valence-corrected chi connectivity index (χ4v) is 7.60. The molecule has 3 atom stereocenters. The van der Waals surface area contributed by atoms with Gasteiger partial charge in [-0.1, -0.05) is 0 Å². The average Bonchev–Trinajstić information content (AvgIpc) is 2.65. The van der Waals surface area contributed by atoms with E-state index in [4.69, 9.17) is 4.21 Å². The van der Waals surface area contributed by atoms with Crippen molar-refractivity contribution < 1.29 is 4.21 Å². The zero-order chi connectivity index (χ0) is 12.6. The molecule has 0 aromatic rings. The Balaban J connectivity index is 0.000000386. The molecule has 0 N–H and O–H groups in total. The van der Waals surface area contributed by atoms with Crippen LogP contribution in [0.3, 0.4) is 0 Å². The molecule has 0 heterocycles. The molecule has 3 aliphatic carbocycles. The minimum Gasteiger partial charge on any atom is -0.208 e. The summed E-state index contributed by atoms with van der Waals surface area (Å²) in [6.45, 7) is 7.02. The van der Waals surface area contributed by atoms with E-state index in [1.807, 2.05) is 0 Å². The zero-order valence-electron chi connectivity index (χ0n) is 10.0. The Hall–Kier alpha value is 0.732. The van der Waals surface area contributed by atoms with Crippen LogP contribution in [0.5, 0.6) is 0 Å². The maximum Gasteiger partial charge on any atom is 0.110 e. The quantitative estimate of drug-likeness (QED) is 0.459. The Labute approximate surface area is 119 Å².